The van der Waals surface area contributed by atoms with Crippen LogP contribution < -0.4 is 0 Å². The van der Waals surface area contributed by atoms with Crippen LogP contribution in [0.15, 0.2) is 30.3 Å². The molecule has 1 aromatic rings. The first kappa shape index (κ1) is 13.9. The molecule has 0 spiro atoms. The molecule has 2 heterocycles. The first-order valence-corrected chi connectivity index (χ1v) is 8.96. The fraction of sp³-hybridized carbons (Fsp3) is 0.650. The standard InChI is InChI=1S/C20H30NO3/c1-14(2)21(3)16-9-10-17(21)12-18(11-16)24-20(23)19(13-22)15-7-5-4-6-8-15/h4-8,14,16-19,22H,9-13H2,1-3H3/q+1/t16-,17?,18?,19?,21?/m0/s1/i3D3. The van der Waals surface area contributed by atoms with Gasteiger partial charge < -0.3 is 14.3 Å². The Balaban J connectivity index is 1.74. The van der Waals surface area contributed by atoms with Crippen LogP contribution in [-0.4, -0.2) is 53.4 Å². The normalized spacial score (nSPS) is 35.8. The molecule has 0 radical (unpaired) electrons. The molecule has 0 amide bonds. The average molecular weight is 335 g/mol. The van der Waals surface area contributed by atoms with E-state index >= 15 is 0 Å². The van der Waals surface area contributed by atoms with E-state index < -0.39 is 18.9 Å². The van der Waals surface area contributed by atoms with E-state index in [1.54, 1.807) is 0 Å². The van der Waals surface area contributed by atoms with Gasteiger partial charge in [-0.3, -0.25) is 4.79 Å². The van der Waals surface area contributed by atoms with Crippen molar-refractivity contribution in [2.75, 3.05) is 13.6 Å². The molecule has 1 aromatic carbocycles. The molecule has 24 heavy (non-hydrogen) atoms. The molecule has 2 aliphatic heterocycles. The number of aliphatic hydroxyl groups is 1. The van der Waals surface area contributed by atoms with Gasteiger partial charge in [0.1, 0.15) is 12.0 Å². The lowest BCUT2D eigenvalue weighted by molar-refractivity contribution is -0.968. The van der Waals surface area contributed by atoms with Gasteiger partial charge in [-0.05, 0) is 19.4 Å². The highest BCUT2D eigenvalue weighted by molar-refractivity contribution is 5.78. The van der Waals surface area contributed by atoms with Crippen LogP contribution in [0.3, 0.4) is 0 Å². The molecule has 2 bridgehead atoms. The van der Waals surface area contributed by atoms with Crippen LogP contribution in [0.5, 0.6) is 0 Å². The van der Waals surface area contributed by atoms with E-state index in [1.807, 2.05) is 44.2 Å². The van der Waals surface area contributed by atoms with Crippen LogP contribution in [0.2, 0.25) is 0 Å². The summed E-state index contributed by atoms with van der Waals surface area (Å²) in [5.74, 6) is -1.12. The number of quaternary nitrogens is 1. The average Bonchev–Trinajstić information content (AvgIpc) is 2.83. The molecule has 0 saturated carbocycles. The summed E-state index contributed by atoms with van der Waals surface area (Å²) in [7, 11) is 0. The van der Waals surface area contributed by atoms with Crippen LogP contribution in [0, 0.1) is 0 Å². The van der Waals surface area contributed by atoms with Crippen LogP contribution in [0.1, 0.15) is 55.1 Å². The summed E-state index contributed by atoms with van der Waals surface area (Å²) in [6.07, 6.45) is 2.59. The molecule has 1 N–H and O–H groups in total. The number of rotatable bonds is 5. The molecule has 0 aromatic heterocycles. The topological polar surface area (TPSA) is 46.5 Å². The minimum absolute atomic E-state index is 0.00107. The number of aliphatic hydroxyl groups excluding tert-OH is 1. The lowest BCUT2D eigenvalue weighted by Crippen LogP contribution is -2.62. The predicted octanol–water partition coefficient (Wildman–Crippen LogP) is 2.85. The van der Waals surface area contributed by atoms with Crippen molar-refractivity contribution in [3.8, 4) is 0 Å². The highest BCUT2D eigenvalue weighted by Crippen LogP contribution is 2.44. The predicted molar refractivity (Wildman–Crippen MR) is 93.5 cm³/mol. The van der Waals surface area contributed by atoms with Gasteiger partial charge in [0.05, 0.1) is 35.8 Å². The Labute approximate surface area is 149 Å². The highest BCUT2D eigenvalue weighted by Gasteiger charge is 2.53. The molecule has 2 saturated heterocycles. The molecule has 132 valence electrons. The Morgan fingerprint density at radius 2 is 1.92 bits per heavy atom. The third-order valence-electron chi connectivity index (χ3n) is 5.92. The first-order valence-electron chi connectivity index (χ1n) is 10.5. The van der Waals surface area contributed by atoms with Gasteiger partial charge in [0.25, 0.3) is 0 Å². The van der Waals surface area contributed by atoms with Crippen molar-refractivity contribution in [2.45, 2.75) is 69.7 Å². The Morgan fingerprint density at radius 3 is 2.42 bits per heavy atom. The number of ether oxygens (including phenoxy) is 1. The molecule has 0 aliphatic carbocycles. The fourth-order valence-corrected chi connectivity index (χ4v) is 4.59. The number of carbonyl (C=O) groups excluding carboxylic acids is 1. The molecular formula is C20H30NO3+. The van der Waals surface area contributed by atoms with E-state index in [0.717, 1.165) is 18.4 Å². The van der Waals surface area contributed by atoms with E-state index in [1.165, 1.54) is 0 Å². The van der Waals surface area contributed by atoms with Crippen LogP contribution >= 0.6 is 0 Å². The zero-order chi connectivity index (χ0) is 19.8. The third kappa shape index (κ3) is 2.98. The fourth-order valence-electron chi connectivity index (χ4n) is 4.59. The van der Waals surface area contributed by atoms with Crippen molar-refractivity contribution < 1.29 is 23.2 Å². The summed E-state index contributed by atoms with van der Waals surface area (Å²) in [6.45, 7) is 1.61. The Morgan fingerprint density at radius 1 is 1.29 bits per heavy atom. The Hall–Kier alpha value is -1.39. The maximum atomic E-state index is 12.7. The summed E-state index contributed by atoms with van der Waals surface area (Å²) in [4.78, 5) is 12.7. The molecular weight excluding hydrogens is 302 g/mol. The molecule has 2 fully saturated rings. The number of esters is 1. The first-order chi connectivity index (χ1) is 12.7. The quantitative estimate of drug-likeness (QED) is 0.665. The second kappa shape index (κ2) is 6.85. The summed E-state index contributed by atoms with van der Waals surface area (Å²) < 4.78 is 30.5. The van der Waals surface area contributed by atoms with E-state index in [0.29, 0.717) is 12.8 Å². The van der Waals surface area contributed by atoms with Crippen molar-refractivity contribution in [3.63, 3.8) is 0 Å². The van der Waals surface area contributed by atoms with Crippen molar-refractivity contribution >= 4 is 5.97 Å². The van der Waals surface area contributed by atoms with Crippen LogP contribution in [0.4, 0.5) is 0 Å². The van der Waals surface area contributed by atoms with Crippen LogP contribution in [-0.2, 0) is 9.53 Å². The summed E-state index contributed by atoms with van der Waals surface area (Å²) in [5, 5.41) is 9.68. The largest absolute Gasteiger partial charge is 0.461 e. The number of fused-ring (bicyclic) bond motifs is 2. The smallest absolute Gasteiger partial charge is 0.316 e. The zero-order valence-electron chi connectivity index (χ0n) is 17.5. The number of piperidine rings is 1. The van der Waals surface area contributed by atoms with Crippen LogP contribution in [0.25, 0.3) is 0 Å². The number of hydrogen-bond donors (Lipinski definition) is 1. The Bertz CT molecular complexity index is 648. The van der Waals surface area contributed by atoms with Gasteiger partial charge in [0.15, 0.2) is 0 Å². The highest BCUT2D eigenvalue weighted by atomic mass is 16.5. The van der Waals surface area contributed by atoms with E-state index in [9.17, 15) is 9.90 Å². The Kier molecular flexibility index (Phi) is 3.95. The van der Waals surface area contributed by atoms with E-state index in [4.69, 9.17) is 8.85 Å². The SMILES string of the molecule is [2H]C([2H])([2H])[N+]1(C(C)C)C2CC[C@H]1CC(OC(=O)C(CO)c1ccccc1)C2. The van der Waals surface area contributed by atoms with Crippen molar-refractivity contribution in [3.05, 3.63) is 35.9 Å². The zero-order valence-corrected chi connectivity index (χ0v) is 14.5. The van der Waals surface area contributed by atoms with E-state index in [-0.39, 0.29) is 35.3 Å². The maximum Gasteiger partial charge on any atom is 0.316 e. The minimum Gasteiger partial charge on any atom is -0.461 e. The van der Waals surface area contributed by atoms with Crippen molar-refractivity contribution in [1.82, 2.24) is 0 Å². The summed E-state index contributed by atoms with van der Waals surface area (Å²) in [5.41, 5.74) is 0.735. The molecule has 4 heteroatoms. The lowest BCUT2D eigenvalue weighted by Gasteiger charge is -2.49. The minimum atomic E-state index is -2.06. The van der Waals surface area contributed by atoms with Gasteiger partial charge in [-0.1, -0.05) is 30.3 Å². The molecule has 2 aliphatic rings. The van der Waals surface area contributed by atoms with Gasteiger partial charge in [-0.15, -0.1) is 0 Å². The number of carbonyl (C=O) groups is 1. The molecule has 4 unspecified atom stereocenters. The number of hydrogen-bond acceptors (Lipinski definition) is 3. The second-order valence-corrected chi connectivity index (χ2v) is 7.49. The third-order valence-corrected chi connectivity index (χ3v) is 5.92. The van der Waals surface area contributed by atoms with Gasteiger partial charge >= 0.3 is 5.97 Å². The number of benzene rings is 1. The van der Waals surface area contributed by atoms with Gasteiger partial charge in [0.2, 0.25) is 0 Å². The van der Waals surface area contributed by atoms with Gasteiger partial charge in [-0.2, -0.15) is 0 Å². The van der Waals surface area contributed by atoms with E-state index in [2.05, 4.69) is 0 Å². The number of nitrogens with zero attached hydrogens (tertiary/aromatic N) is 1. The van der Waals surface area contributed by atoms with Crippen molar-refractivity contribution in [1.29, 1.82) is 0 Å². The maximum absolute atomic E-state index is 12.7. The van der Waals surface area contributed by atoms with Gasteiger partial charge in [0, 0.05) is 25.7 Å². The molecule has 5 atom stereocenters. The lowest BCUT2D eigenvalue weighted by atomic mass is 9.94. The molecule has 3 rings (SSSR count). The van der Waals surface area contributed by atoms with Gasteiger partial charge in [-0.25, -0.2) is 0 Å². The monoisotopic (exact) mass is 335 g/mol. The molecule has 4 nitrogen and oxygen atoms in total. The summed E-state index contributed by atoms with van der Waals surface area (Å²) in [6, 6.07) is 9.11. The summed E-state index contributed by atoms with van der Waals surface area (Å²) >= 11 is 0. The van der Waals surface area contributed by atoms with Crippen molar-refractivity contribution in [2.24, 2.45) is 0 Å². The second-order valence-electron chi connectivity index (χ2n) is 7.49.